The van der Waals surface area contributed by atoms with E-state index in [9.17, 15) is 0 Å². The summed E-state index contributed by atoms with van der Waals surface area (Å²) in [5.74, 6) is 0. The van der Waals surface area contributed by atoms with Crippen LogP contribution in [0.25, 0.3) is 22.0 Å². The van der Waals surface area contributed by atoms with Crippen LogP contribution >= 0.6 is 0 Å². The Labute approximate surface area is 105 Å². The molecule has 3 rings (SSSR count). The molecule has 3 nitrogen and oxygen atoms in total. The van der Waals surface area contributed by atoms with Gasteiger partial charge in [-0.1, -0.05) is 30.3 Å². The van der Waals surface area contributed by atoms with Crippen molar-refractivity contribution in [2.75, 3.05) is 0 Å². The predicted octanol–water partition coefficient (Wildman–Crippen LogP) is 2.76. The van der Waals surface area contributed by atoms with Crippen molar-refractivity contribution < 1.29 is 0 Å². The maximum atomic E-state index is 5.60. The van der Waals surface area contributed by atoms with Gasteiger partial charge in [0.2, 0.25) is 0 Å². The lowest BCUT2D eigenvalue weighted by Gasteiger charge is -2.04. The molecule has 0 aliphatic rings. The number of hydrogen-bond donors (Lipinski definition) is 1. The molecule has 0 aliphatic heterocycles. The van der Waals surface area contributed by atoms with E-state index in [1.54, 1.807) is 6.33 Å². The molecular formula is C15H13N3. The van der Waals surface area contributed by atoms with Crippen molar-refractivity contribution in [1.29, 1.82) is 0 Å². The molecular weight excluding hydrogens is 222 g/mol. The molecule has 88 valence electrons. The predicted molar refractivity (Wildman–Crippen MR) is 72.9 cm³/mol. The van der Waals surface area contributed by atoms with Gasteiger partial charge in [0.05, 0.1) is 5.52 Å². The van der Waals surface area contributed by atoms with Crippen LogP contribution in [-0.2, 0) is 6.54 Å². The minimum Gasteiger partial charge on any atom is -0.326 e. The van der Waals surface area contributed by atoms with Gasteiger partial charge in [-0.15, -0.1) is 0 Å². The Kier molecular flexibility index (Phi) is 2.74. The molecule has 3 heteroatoms. The molecule has 1 aromatic heterocycles. The van der Waals surface area contributed by atoms with Crippen LogP contribution in [0.1, 0.15) is 5.56 Å². The fourth-order valence-corrected chi connectivity index (χ4v) is 2.00. The van der Waals surface area contributed by atoms with Crippen LogP contribution in [0.15, 0.2) is 55.0 Å². The highest BCUT2D eigenvalue weighted by molar-refractivity contribution is 5.83. The van der Waals surface area contributed by atoms with Crippen LogP contribution in [0, 0.1) is 0 Å². The van der Waals surface area contributed by atoms with Gasteiger partial charge in [-0.3, -0.25) is 0 Å². The highest BCUT2D eigenvalue weighted by Crippen LogP contribution is 2.23. The van der Waals surface area contributed by atoms with Crippen molar-refractivity contribution >= 4 is 10.9 Å². The third-order valence-corrected chi connectivity index (χ3v) is 3.03. The molecule has 0 spiro atoms. The Morgan fingerprint density at radius 3 is 2.50 bits per heavy atom. The van der Waals surface area contributed by atoms with E-state index in [2.05, 4.69) is 46.4 Å². The van der Waals surface area contributed by atoms with Crippen molar-refractivity contribution in [3.63, 3.8) is 0 Å². The van der Waals surface area contributed by atoms with Crippen molar-refractivity contribution in [1.82, 2.24) is 9.97 Å². The minimum atomic E-state index is 0.575. The zero-order valence-electron chi connectivity index (χ0n) is 9.88. The molecule has 0 aliphatic carbocycles. The zero-order chi connectivity index (χ0) is 12.4. The topological polar surface area (TPSA) is 51.8 Å². The van der Waals surface area contributed by atoms with Crippen LogP contribution in [-0.4, -0.2) is 9.97 Å². The summed E-state index contributed by atoms with van der Waals surface area (Å²) in [6, 6.07) is 14.5. The van der Waals surface area contributed by atoms with Crippen LogP contribution < -0.4 is 5.73 Å². The summed E-state index contributed by atoms with van der Waals surface area (Å²) >= 11 is 0. The Bertz CT molecular complexity index is 675. The number of nitrogens with two attached hydrogens (primary N) is 1. The van der Waals surface area contributed by atoms with E-state index < -0.39 is 0 Å². The second kappa shape index (κ2) is 4.55. The van der Waals surface area contributed by atoms with Crippen molar-refractivity contribution in [3.8, 4) is 11.1 Å². The molecule has 1 heterocycles. The summed E-state index contributed by atoms with van der Waals surface area (Å²) in [6.07, 6.45) is 3.40. The first-order valence-corrected chi connectivity index (χ1v) is 5.86. The lowest BCUT2D eigenvalue weighted by Crippen LogP contribution is -1.95. The van der Waals surface area contributed by atoms with Gasteiger partial charge in [-0.05, 0) is 28.8 Å². The van der Waals surface area contributed by atoms with E-state index in [0.29, 0.717) is 6.54 Å². The number of aromatic nitrogens is 2. The number of hydrogen-bond acceptors (Lipinski definition) is 3. The SMILES string of the molecule is NCc1ccc(-c2ccc3ncncc3c2)cc1. The maximum Gasteiger partial charge on any atom is 0.116 e. The largest absolute Gasteiger partial charge is 0.326 e. The van der Waals surface area contributed by atoms with Gasteiger partial charge in [0.1, 0.15) is 6.33 Å². The average Bonchev–Trinajstić information content (AvgIpc) is 2.47. The molecule has 0 saturated carbocycles. The van der Waals surface area contributed by atoms with Gasteiger partial charge in [0, 0.05) is 18.1 Å². The molecule has 0 fully saturated rings. The Hall–Kier alpha value is -2.26. The average molecular weight is 235 g/mol. The zero-order valence-corrected chi connectivity index (χ0v) is 9.88. The Morgan fingerprint density at radius 1 is 0.944 bits per heavy atom. The smallest absolute Gasteiger partial charge is 0.116 e. The van der Waals surface area contributed by atoms with Crippen molar-refractivity contribution in [2.45, 2.75) is 6.54 Å². The van der Waals surface area contributed by atoms with Gasteiger partial charge in [0.25, 0.3) is 0 Å². The third-order valence-electron chi connectivity index (χ3n) is 3.03. The molecule has 0 bridgehead atoms. The van der Waals surface area contributed by atoms with Crippen molar-refractivity contribution in [3.05, 3.63) is 60.6 Å². The van der Waals surface area contributed by atoms with E-state index in [1.807, 2.05) is 12.3 Å². The van der Waals surface area contributed by atoms with Gasteiger partial charge < -0.3 is 5.73 Å². The molecule has 0 atom stereocenters. The number of benzene rings is 2. The third kappa shape index (κ3) is 1.96. The Morgan fingerprint density at radius 2 is 1.72 bits per heavy atom. The highest BCUT2D eigenvalue weighted by atomic mass is 14.8. The Balaban J connectivity index is 2.07. The highest BCUT2D eigenvalue weighted by Gasteiger charge is 2.00. The first-order chi connectivity index (χ1) is 8.86. The van der Waals surface area contributed by atoms with Gasteiger partial charge in [-0.2, -0.15) is 0 Å². The number of rotatable bonds is 2. The number of nitrogens with zero attached hydrogens (tertiary/aromatic N) is 2. The van der Waals surface area contributed by atoms with Gasteiger partial charge in [0.15, 0.2) is 0 Å². The van der Waals surface area contributed by atoms with E-state index >= 15 is 0 Å². The normalized spacial score (nSPS) is 10.7. The second-order valence-corrected chi connectivity index (χ2v) is 4.20. The van der Waals surface area contributed by atoms with E-state index in [0.717, 1.165) is 16.5 Å². The van der Waals surface area contributed by atoms with Crippen molar-refractivity contribution in [2.24, 2.45) is 5.73 Å². The molecule has 18 heavy (non-hydrogen) atoms. The lowest BCUT2D eigenvalue weighted by molar-refractivity contribution is 1.07. The summed E-state index contributed by atoms with van der Waals surface area (Å²) in [4.78, 5) is 8.26. The minimum absolute atomic E-state index is 0.575. The fourth-order valence-electron chi connectivity index (χ4n) is 2.00. The van der Waals surface area contributed by atoms with E-state index in [4.69, 9.17) is 5.73 Å². The van der Waals surface area contributed by atoms with Crippen LogP contribution in [0.4, 0.5) is 0 Å². The summed E-state index contributed by atoms with van der Waals surface area (Å²) < 4.78 is 0. The standard InChI is InChI=1S/C15H13N3/c16-8-11-1-3-12(4-2-11)13-5-6-15-14(7-13)9-17-10-18-15/h1-7,9-10H,8,16H2. The summed E-state index contributed by atoms with van der Waals surface area (Å²) in [7, 11) is 0. The summed E-state index contributed by atoms with van der Waals surface area (Å²) in [6.45, 7) is 0.575. The van der Waals surface area contributed by atoms with Crippen LogP contribution in [0.3, 0.4) is 0 Å². The molecule has 0 amide bonds. The monoisotopic (exact) mass is 235 g/mol. The van der Waals surface area contributed by atoms with E-state index in [1.165, 1.54) is 11.1 Å². The molecule has 2 aromatic carbocycles. The van der Waals surface area contributed by atoms with Gasteiger partial charge in [-0.25, -0.2) is 9.97 Å². The van der Waals surface area contributed by atoms with Crippen LogP contribution in [0.5, 0.6) is 0 Å². The molecule has 2 N–H and O–H groups in total. The second-order valence-electron chi connectivity index (χ2n) is 4.20. The summed E-state index contributed by atoms with van der Waals surface area (Å²) in [5, 5.41) is 1.05. The molecule has 0 unspecified atom stereocenters. The van der Waals surface area contributed by atoms with Gasteiger partial charge >= 0.3 is 0 Å². The first kappa shape index (κ1) is 10.9. The maximum absolute atomic E-state index is 5.60. The molecule has 3 aromatic rings. The lowest BCUT2D eigenvalue weighted by atomic mass is 10.0. The van der Waals surface area contributed by atoms with Crippen LogP contribution in [0.2, 0.25) is 0 Å². The molecule has 0 radical (unpaired) electrons. The fraction of sp³-hybridized carbons (Fsp3) is 0.0667. The summed E-state index contributed by atoms with van der Waals surface area (Å²) in [5.41, 5.74) is 10.0. The van der Waals surface area contributed by atoms with E-state index in [-0.39, 0.29) is 0 Å². The first-order valence-electron chi connectivity index (χ1n) is 5.86. The quantitative estimate of drug-likeness (QED) is 0.743. The molecule has 0 saturated heterocycles. The number of fused-ring (bicyclic) bond motifs is 1.